The van der Waals surface area contributed by atoms with E-state index in [1.165, 1.54) is 25.1 Å². The fourth-order valence-electron chi connectivity index (χ4n) is 0.957. The summed E-state index contributed by atoms with van der Waals surface area (Å²) in [5, 5.41) is 25.2. The molecule has 0 unspecified atom stereocenters. The number of benzene rings is 1. The Morgan fingerprint density at radius 2 is 2.06 bits per heavy atom. The van der Waals surface area contributed by atoms with Crippen molar-refractivity contribution in [1.29, 1.82) is 10.8 Å². The zero-order chi connectivity index (χ0) is 12.7. The van der Waals surface area contributed by atoms with E-state index < -0.39 is 4.92 Å². The molecule has 0 saturated carbocycles. The van der Waals surface area contributed by atoms with Crippen LogP contribution in [0.4, 0.5) is 11.4 Å². The highest BCUT2D eigenvalue weighted by molar-refractivity contribution is 6.31. The lowest BCUT2D eigenvalue weighted by Gasteiger charge is -2.03. The first kappa shape index (κ1) is 13.8. The SMILES string of the molecule is CC(=O)Nc1cc(Cl)ccc1[N+](=O)[O-].N#N. The van der Waals surface area contributed by atoms with Gasteiger partial charge in [0.15, 0.2) is 0 Å². The molecule has 1 amide bonds. The summed E-state index contributed by atoms with van der Waals surface area (Å²) in [6.45, 7) is 1.27. The van der Waals surface area contributed by atoms with Crippen LogP contribution in [0.3, 0.4) is 0 Å². The maximum Gasteiger partial charge on any atom is 0.292 e. The first-order valence-electron chi connectivity index (χ1n) is 3.92. The molecule has 0 aliphatic rings. The van der Waals surface area contributed by atoms with Crippen molar-refractivity contribution in [2.45, 2.75) is 6.92 Å². The van der Waals surface area contributed by atoms with Crippen LogP contribution in [0.1, 0.15) is 6.92 Å². The number of nitro benzene ring substituents is 1. The van der Waals surface area contributed by atoms with Gasteiger partial charge in [0.2, 0.25) is 5.91 Å². The third kappa shape index (κ3) is 3.89. The van der Waals surface area contributed by atoms with Crippen LogP contribution in [0.5, 0.6) is 0 Å². The summed E-state index contributed by atoms with van der Waals surface area (Å²) in [5.41, 5.74) is -0.0698. The number of nitrogens with one attached hydrogen (secondary N) is 1. The lowest BCUT2D eigenvalue weighted by Crippen LogP contribution is -2.07. The number of nitro groups is 1. The van der Waals surface area contributed by atoms with Gasteiger partial charge in [0.05, 0.1) is 4.92 Å². The van der Waals surface area contributed by atoms with Crippen LogP contribution in [-0.4, -0.2) is 10.8 Å². The Labute approximate surface area is 95.6 Å². The number of carbonyl (C=O) groups is 1. The lowest BCUT2D eigenvalue weighted by molar-refractivity contribution is -0.383. The second kappa shape index (κ2) is 6.31. The molecule has 0 aliphatic heterocycles. The number of nitrogens with zero attached hydrogens (tertiary/aromatic N) is 3. The molecule has 84 valence electrons. The molecule has 16 heavy (non-hydrogen) atoms. The summed E-state index contributed by atoms with van der Waals surface area (Å²) in [5.74, 6) is -0.379. The zero-order valence-electron chi connectivity index (χ0n) is 8.18. The second-order valence-electron chi connectivity index (χ2n) is 2.60. The Morgan fingerprint density at radius 1 is 1.50 bits per heavy atom. The average molecular weight is 243 g/mol. The van der Waals surface area contributed by atoms with Crippen molar-refractivity contribution >= 4 is 28.9 Å². The van der Waals surface area contributed by atoms with Crippen LogP contribution >= 0.6 is 11.6 Å². The van der Waals surface area contributed by atoms with Crippen molar-refractivity contribution in [2.75, 3.05) is 5.32 Å². The second-order valence-corrected chi connectivity index (χ2v) is 3.04. The number of anilines is 1. The number of rotatable bonds is 2. The highest BCUT2D eigenvalue weighted by Crippen LogP contribution is 2.27. The minimum atomic E-state index is -0.582. The summed E-state index contributed by atoms with van der Waals surface area (Å²) in [6, 6.07) is 3.97. The van der Waals surface area contributed by atoms with Gasteiger partial charge in [-0.1, -0.05) is 11.6 Å². The van der Waals surface area contributed by atoms with Gasteiger partial charge in [-0.25, -0.2) is 0 Å². The summed E-state index contributed by atoms with van der Waals surface area (Å²) in [6.07, 6.45) is 0. The molecule has 1 aromatic carbocycles. The van der Waals surface area contributed by atoms with Crippen LogP contribution in [0.25, 0.3) is 0 Å². The van der Waals surface area contributed by atoms with E-state index in [4.69, 9.17) is 22.4 Å². The van der Waals surface area contributed by atoms with Crippen LogP contribution in [0, 0.1) is 20.9 Å². The van der Waals surface area contributed by atoms with Crippen molar-refractivity contribution in [3.8, 4) is 0 Å². The monoisotopic (exact) mass is 242 g/mol. The van der Waals surface area contributed by atoms with Gasteiger partial charge in [0, 0.05) is 28.8 Å². The van der Waals surface area contributed by atoms with Crippen molar-refractivity contribution in [2.24, 2.45) is 0 Å². The predicted octanol–water partition coefficient (Wildman–Crippen LogP) is 2.24. The summed E-state index contributed by atoms with van der Waals surface area (Å²) < 4.78 is 0. The highest BCUT2D eigenvalue weighted by atomic mass is 35.5. The van der Waals surface area contributed by atoms with Crippen LogP contribution in [-0.2, 0) is 4.79 Å². The van der Waals surface area contributed by atoms with E-state index in [9.17, 15) is 14.9 Å². The van der Waals surface area contributed by atoms with Gasteiger partial charge in [-0.3, -0.25) is 14.9 Å². The molecule has 1 aromatic rings. The van der Waals surface area contributed by atoms with Gasteiger partial charge in [-0.05, 0) is 12.1 Å². The molecule has 0 aromatic heterocycles. The van der Waals surface area contributed by atoms with Crippen molar-refractivity contribution in [3.05, 3.63) is 33.3 Å². The van der Waals surface area contributed by atoms with Gasteiger partial charge >= 0.3 is 0 Å². The van der Waals surface area contributed by atoms with E-state index in [0.717, 1.165) is 0 Å². The first-order valence-corrected chi connectivity index (χ1v) is 4.30. The Balaban J connectivity index is 0.00000106. The lowest BCUT2D eigenvalue weighted by atomic mass is 10.2. The van der Waals surface area contributed by atoms with E-state index in [2.05, 4.69) is 5.32 Å². The smallest absolute Gasteiger partial charge is 0.292 e. The van der Waals surface area contributed by atoms with Crippen LogP contribution in [0.2, 0.25) is 5.02 Å². The average Bonchev–Trinajstić information content (AvgIpc) is 2.19. The molecule has 8 heteroatoms. The van der Waals surface area contributed by atoms with Crippen molar-refractivity contribution < 1.29 is 9.72 Å². The first-order chi connectivity index (χ1) is 7.50. The minimum Gasteiger partial charge on any atom is -0.321 e. The largest absolute Gasteiger partial charge is 0.321 e. The fraction of sp³-hybridized carbons (Fsp3) is 0.125. The van der Waals surface area contributed by atoms with Gasteiger partial charge in [0.1, 0.15) is 5.69 Å². The van der Waals surface area contributed by atoms with Gasteiger partial charge in [-0.15, -0.1) is 0 Å². The summed E-state index contributed by atoms with van der Waals surface area (Å²) >= 11 is 5.63. The third-order valence-electron chi connectivity index (χ3n) is 1.47. The number of halogens is 1. The molecule has 0 aliphatic carbocycles. The Hall–Kier alpha value is -2.20. The van der Waals surface area contributed by atoms with Crippen molar-refractivity contribution in [3.63, 3.8) is 0 Å². The van der Waals surface area contributed by atoms with E-state index >= 15 is 0 Å². The molecule has 0 atom stereocenters. The highest BCUT2D eigenvalue weighted by Gasteiger charge is 2.14. The fourth-order valence-corrected chi connectivity index (χ4v) is 1.13. The number of amides is 1. The Morgan fingerprint density at radius 3 is 2.50 bits per heavy atom. The Bertz CT molecular complexity index is 433. The molecular formula is C8H7ClN4O3. The van der Waals surface area contributed by atoms with Crippen LogP contribution in [0.15, 0.2) is 18.2 Å². The maximum atomic E-state index is 10.7. The summed E-state index contributed by atoms with van der Waals surface area (Å²) in [7, 11) is 0. The predicted molar refractivity (Wildman–Crippen MR) is 55.9 cm³/mol. The molecular weight excluding hydrogens is 236 g/mol. The van der Waals surface area contributed by atoms with Crippen LogP contribution < -0.4 is 5.32 Å². The van der Waals surface area contributed by atoms with Gasteiger partial charge < -0.3 is 5.32 Å². The quantitative estimate of drug-likeness (QED) is 0.484. The van der Waals surface area contributed by atoms with Gasteiger partial charge in [0.25, 0.3) is 5.69 Å². The van der Waals surface area contributed by atoms with Crippen molar-refractivity contribution in [1.82, 2.24) is 0 Å². The summed E-state index contributed by atoms with van der Waals surface area (Å²) in [4.78, 5) is 20.7. The van der Waals surface area contributed by atoms with E-state index in [1.807, 2.05) is 0 Å². The molecule has 1 N–H and O–H groups in total. The molecule has 0 fully saturated rings. The van der Waals surface area contributed by atoms with E-state index in [1.54, 1.807) is 0 Å². The molecule has 0 spiro atoms. The normalized spacial score (nSPS) is 8.50. The van der Waals surface area contributed by atoms with Gasteiger partial charge in [-0.2, -0.15) is 0 Å². The number of carbonyl (C=O) groups excluding carboxylic acids is 1. The zero-order valence-corrected chi connectivity index (χ0v) is 8.93. The molecule has 0 saturated heterocycles. The topological polar surface area (TPSA) is 120 Å². The minimum absolute atomic E-state index is 0.106. The van der Waals surface area contributed by atoms with E-state index in [-0.39, 0.29) is 17.3 Å². The Kier molecular flexibility index (Phi) is 5.45. The molecule has 1 rings (SSSR count). The third-order valence-corrected chi connectivity index (χ3v) is 1.70. The molecule has 0 heterocycles. The number of hydrogen-bond acceptors (Lipinski definition) is 5. The standard InChI is InChI=1S/C8H7ClN2O3.N2/c1-5(12)10-7-4-6(9)2-3-8(7)11(13)14;1-2/h2-4H,1H3,(H,10,12);. The molecule has 0 radical (unpaired) electrons. The van der Waals surface area contributed by atoms with E-state index in [0.29, 0.717) is 5.02 Å². The number of hydrogen-bond donors (Lipinski definition) is 1. The molecule has 7 nitrogen and oxygen atoms in total. The molecule has 0 bridgehead atoms. The maximum absolute atomic E-state index is 10.7.